The van der Waals surface area contributed by atoms with Gasteiger partial charge < -0.3 is 31.7 Å². The minimum Gasteiger partial charge on any atom is -0.391 e. The van der Waals surface area contributed by atoms with Crippen molar-refractivity contribution in [2.45, 2.75) is 38.1 Å². The number of aliphatic hydroxyl groups is 3. The molecule has 2 amide bonds. The van der Waals surface area contributed by atoms with Crippen molar-refractivity contribution in [1.29, 1.82) is 0 Å². The number of rotatable bonds is 8. The highest BCUT2D eigenvalue weighted by Crippen LogP contribution is 2.10. The summed E-state index contributed by atoms with van der Waals surface area (Å²) < 4.78 is 0. The first-order valence-electron chi connectivity index (χ1n) is 10.2. The van der Waals surface area contributed by atoms with Gasteiger partial charge in [-0.2, -0.15) is 0 Å². The molecule has 0 radical (unpaired) electrons. The van der Waals surface area contributed by atoms with E-state index in [1.54, 1.807) is 36.4 Å². The molecule has 33 heavy (non-hydrogen) atoms. The third kappa shape index (κ3) is 7.52. The lowest BCUT2D eigenvalue weighted by Crippen LogP contribution is -2.48. The Morgan fingerprint density at radius 2 is 1.42 bits per heavy atom. The smallest absolute Gasteiger partial charge is 0.251 e. The number of nitrogens with one attached hydrogen (secondary N) is 2. The number of amides is 2. The van der Waals surface area contributed by atoms with Crippen LogP contribution >= 0.6 is 0 Å². The molecule has 2 aromatic carbocycles. The molecule has 4 atom stereocenters. The van der Waals surface area contributed by atoms with Gasteiger partial charge in [-0.25, -0.2) is 0 Å². The summed E-state index contributed by atoms with van der Waals surface area (Å²) in [6.45, 7) is 2.00. The van der Waals surface area contributed by atoms with Crippen molar-refractivity contribution in [3.05, 3.63) is 65.2 Å². The fraction of sp³-hybridized carbons (Fsp3) is 0.292. The Balaban J connectivity index is 2.02. The summed E-state index contributed by atoms with van der Waals surface area (Å²) in [6.07, 6.45) is -2.11. The Hall–Kier alpha value is -3.55. The van der Waals surface area contributed by atoms with Crippen molar-refractivity contribution < 1.29 is 29.7 Å². The molecule has 2 rings (SSSR count). The maximum atomic E-state index is 12.3. The number of benzene rings is 2. The summed E-state index contributed by atoms with van der Waals surface area (Å²) in [4.78, 5) is 35.8. The van der Waals surface area contributed by atoms with Crippen LogP contribution in [-0.4, -0.2) is 63.8 Å². The standard InChI is InChI=1S/C24H27N3O6/c1-14(29)21(25)24(33)26-19-11-7-17(8-12-19)4-3-16-5-9-18(10-6-16)23(32)27-22(15(2)30)20(31)13-28/h5-12,14-15,21-22,28-30H,13,25H2,1-2H3,(H,26,33)(H,27,32)/t14-,15-,21+,22+/m1/s1. The number of anilines is 1. The first-order valence-corrected chi connectivity index (χ1v) is 10.2. The number of aliphatic hydroxyl groups excluding tert-OH is 3. The lowest BCUT2D eigenvalue weighted by atomic mass is 10.1. The van der Waals surface area contributed by atoms with Crippen molar-refractivity contribution in [1.82, 2.24) is 5.32 Å². The predicted molar refractivity (Wildman–Crippen MR) is 122 cm³/mol. The molecule has 7 N–H and O–H groups in total. The number of nitrogens with two attached hydrogens (primary N) is 1. The van der Waals surface area contributed by atoms with Crippen LogP contribution < -0.4 is 16.4 Å². The van der Waals surface area contributed by atoms with E-state index in [0.717, 1.165) is 0 Å². The van der Waals surface area contributed by atoms with Gasteiger partial charge in [0.1, 0.15) is 18.7 Å². The Morgan fingerprint density at radius 1 is 0.909 bits per heavy atom. The van der Waals surface area contributed by atoms with Crippen LogP contribution in [0.3, 0.4) is 0 Å². The van der Waals surface area contributed by atoms with Gasteiger partial charge in [-0.15, -0.1) is 0 Å². The van der Waals surface area contributed by atoms with Crippen LogP contribution in [0.1, 0.15) is 35.3 Å². The molecule has 0 aliphatic heterocycles. The van der Waals surface area contributed by atoms with Crippen LogP contribution in [0.15, 0.2) is 48.5 Å². The minimum absolute atomic E-state index is 0.271. The van der Waals surface area contributed by atoms with Gasteiger partial charge in [0, 0.05) is 22.4 Å². The van der Waals surface area contributed by atoms with Crippen molar-refractivity contribution in [3.8, 4) is 11.8 Å². The third-order valence-corrected chi connectivity index (χ3v) is 4.74. The fourth-order valence-corrected chi connectivity index (χ4v) is 2.72. The van der Waals surface area contributed by atoms with Crippen LogP contribution in [0.4, 0.5) is 5.69 Å². The SMILES string of the molecule is C[C@@H](O)[C@H](N)C(=O)Nc1ccc(C#Cc2ccc(C(=O)N[C@H](C(=O)CO)[C@@H](C)O)cc2)cc1. The molecule has 174 valence electrons. The number of hydrogen-bond acceptors (Lipinski definition) is 7. The Labute approximate surface area is 191 Å². The zero-order chi connectivity index (χ0) is 24.5. The van der Waals surface area contributed by atoms with E-state index in [-0.39, 0.29) is 5.56 Å². The Morgan fingerprint density at radius 3 is 1.88 bits per heavy atom. The van der Waals surface area contributed by atoms with Crippen LogP contribution in [0.2, 0.25) is 0 Å². The average molecular weight is 453 g/mol. The molecule has 0 unspecified atom stereocenters. The molecule has 9 heteroatoms. The largest absolute Gasteiger partial charge is 0.391 e. The molecule has 0 saturated heterocycles. The molecule has 2 aromatic rings. The van der Waals surface area contributed by atoms with Crippen molar-refractivity contribution in [3.63, 3.8) is 0 Å². The van der Waals surface area contributed by atoms with Gasteiger partial charge >= 0.3 is 0 Å². The highest BCUT2D eigenvalue weighted by atomic mass is 16.3. The van der Waals surface area contributed by atoms with E-state index in [1.165, 1.54) is 26.0 Å². The predicted octanol–water partition coefficient (Wildman–Crippen LogP) is -0.226. The number of carbonyl (C=O) groups is 3. The summed E-state index contributed by atoms with van der Waals surface area (Å²) in [5, 5.41) is 33.0. The highest BCUT2D eigenvalue weighted by molar-refractivity contribution is 5.98. The highest BCUT2D eigenvalue weighted by Gasteiger charge is 2.25. The second kappa shape index (κ2) is 11.9. The molecule has 0 fully saturated rings. The van der Waals surface area contributed by atoms with Crippen LogP contribution in [0, 0.1) is 11.8 Å². The molecular weight excluding hydrogens is 426 g/mol. The van der Waals surface area contributed by atoms with Crippen LogP contribution in [0.5, 0.6) is 0 Å². The van der Waals surface area contributed by atoms with E-state index < -0.39 is 48.5 Å². The maximum absolute atomic E-state index is 12.3. The third-order valence-electron chi connectivity index (χ3n) is 4.74. The summed E-state index contributed by atoms with van der Waals surface area (Å²) in [6, 6.07) is 10.9. The van der Waals surface area contributed by atoms with Crippen LogP contribution in [-0.2, 0) is 9.59 Å². The van der Waals surface area contributed by atoms with Crippen molar-refractivity contribution in [2.24, 2.45) is 5.73 Å². The molecule has 0 aliphatic rings. The number of Topliss-reactive ketones (excluding diaryl/α,β-unsaturated/α-hetero) is 1. The van der Waals surface area contributed by atoms with E-state index in [0.29, 0.717) is 16.8 Å². The molecule has 0 aliphatic carbocycles. The summed E-state index contributed by atoms with van der Waals surface area (Å²) >= 11 is 0. The number of ketones is 1. The van der Waals surface area contributed by atoms with Gasteiger partial charge in [0.15, 0.2) is 5.78 Å². The zero-order valence-electron chi connectivity index (χ0n) is 18.3. The van der Waals surface area contributed by atoms with Crippen molar-refractivity contribution >= 4 is 23.3 Å². The Bertz CT molecular complexity index is 1040. The topological polar surface area (TPSA) is 162 Å². The average Bonchev–Trinajstić information content (AvgIpc) is 2.80. The zero-order valence-corrected chi connectivity index (χ0v) is 18.3. The minimum atomic E-state index is -1.20. The van der Waals surface area contributed by atoms with Crippen LogP contribution in [0.25, 0.3) is 0 Å². The van der Waals surface area contributed by atoms with E-state index in [9.17, 15) is 24.6 Å². The van der Waals surface area contributed by atoms with Crippen molar-refractivity contribution in [2.75, 3.05) is 11.9 Å². The summed E-state index contributed by atoms with van der Waals surface area (Å²) in [5.41, 5.74) is 7.72. The van der Waals surface area contributed by atoms with Gasteiger partial charge in [-0.1, -0.05) is 11.8 Å². The quantitative estimate of drug-likeness (QED) is 0.301. The second-order valence-electron chi connectivity index (χ2n) is 7.48. The molecular formula is C24H27N3O6. The Kier molecular flexibility index (Phi) is 9.27. The van der Waals surface area contributed by atoms with Gasteiger partial charge in [-0.05, 0) is 62.4 Å². The molecule has 0 heterocycles. The first kappa shape index (κ1) is 25.7. The van der Waals surface area contributed by atoms with Gasteiger partial charge in [0.2, 0.25) is 5.91 Å². The lowest BCUT2D eigenvalue weighted by Gasteiger charge is -2.19. The molecule has 0 bridgehead atoms. The summed E-state index contributed by atoms with van der Waals surface area (Å²) in [7, 11) is 0. The van der Waals surface area contributed by atoms with Gasteiger partial charge in [-0.3, -0.25) is 14.4 Å². The molecule has 0 aromatic heterocycles. The lowest BCUT2D eigenvalue weighted by molar-refractivity contribution is -0.126. The van der Waals surface area contributed by atoms with E-state index in [1.807, 2.05) is 0 Å². The molecule has 0 saturated carbocycles. The van der Waals surface area contributed by atoms with E-state index in [2.05, 4.69) is 22.5 Å². The maximum Gasteiger partial charge on any atom is 0.251 e. The van der Waals surface area contributed by atoms with Gasteiger partial charge in [0.05, 0.1) is 12.2 Å². The number of hydrogen-bond donors (Lipinski definition) is 6. The van der Waals surface area contributed by atoms with E-state index in [4.69, 9.17) is 10.8 Å². The fourth-order valence-electron chi connectivity index (χ4n) is 2.72. The normalized spacial score (nSPS) is 14.1. The number of carbonyl (C=O) groups excluding carboxylic acids is 3. The second-order valence-corrected chi connectivity index (χ2v) is 7.48. The molecule has 9 nitrogen and oxygen atoms in total. The van der Waals surface area contributed by atoms with E-state index >= 15 is 0 Å². The van der Waals surface area contributed by atoms with Gasteiger partial charge in [0.25, 0.3) is 5.91 Å². The molecule has 0 spiro atoms. The monoisotopic (exact) mass is 453 g/mol. The summed E-state index contributed by atoms with van der Waals surface area (Å²) in [5.74, 6) is 4.19. The first-order chi connectivity index (χ1) is 15.6.